The number of carbonyl (C=O) groups is 6. The van der Waals surface area contributed by atoms with Crippen molar-refractivity contribution in [1.82, 2.24) is 29.9 Å². The van der Waals surface area contributed by atoms with Crippen LogP contribution >= 0.6 is 126 Å². The highest BCUT2D eigenvalue weighted by molar-refractivity contribution is 14.1. The number of hydrogen-bond acceptors (Lipinski definition) is 23. The number of halogens is 27. The van der Waals surface area contributed by atoms with E-state index < -0.39 is 236 Å². The molecule has 27 nitrogen and oxygen atoms in total. The van der Waals surface area contributed by atoms with Crippen LogP contribution in [0.4, 0.5) is 113 Å². The largest absolute Gasteiger partial charge is 0.476 e. The highest BCUT2D eigenvalue weighted by atomic mass is 127. The Balaban J connectivity index is 0.000000217. The fourth-order valence-electron chi connectivity index (χ4n) is 10.2. The van der Waals surface area contributed by atoms with Gasteiger partial charge in [0, 0.05) is 43.0 Å². The van der Waals surface area contributed by atoms with E-state index in [0.717, 1.165) is 44.6 Å². The minimum Gasteiger partial charge on any atom is -0.476 e. The number of nitrogens with two attached hydrogens (primary N) is 6. The zero-order valence-corrected chi connectivity index (χ0v) is 73.8. The summed E-state index contributed by atoms with van der Waals surface area (Å²) < 4.78 is 257. The highest BCUT2D eigenvalue weighted by Gasteiger charge is 2.37. The first-order valence-electron chi connectivity index (χ1n) is 34.0. The number of aromatic carboxylic acids is 4. The number of carboxylic acid groups (broad SMARTS) is 4. The Morgan fingerprint density at radius 1 is 0.364 bits per heavy atom. The molecule has 0 radical (unpaired) electrons. The number of anilines is 6. The monoisotopic (exact) mass is 2220 g/mol. The van der Waals surface area contributed by atoms with Gasteiger partial charge in [0.25, 0.3) is 0 Å². The quantitative estimate of drug-likeness (QED) is 0.0186. The van der Waals surface area contributed by atoms with Crippen LogP contribution in [0.15, 0.2) is 109 Å². The third-order valence-corrected chi connectivity index (χ3v) is 20.8. The molecule has 0 fully saturated rings. The third-order valence-electron chi connectivity index (χ3n) is 16.4. The summed E-state index contributed by atoms with van der Waals surface area (Å²) in [4.78, 5) is 88.9. The summed E-state index contributed by atoms with van der Waals surface area (Å²) in [6.45, 7) is -6.16. The van der Waals surface area contributed by atoms with Gasteiger partial charge < -0.3 is 73.8 Å². The van der Waals surface area contributed by atoms with Crippen molar-refractivity contribution in [3.8, 4) is 85.1 Å². The number of pyridine rings is 6. The molecule has 0 saturated carbocycles. The van der Waals surface area contributed by atoms with E-state index in [0.29, 0.717) is 26.3 Å². The van der Waals surface area contributed by atoms with Crippen LogP contribution in [-0.2, 0) is 15.7 Å². The normalized spacial score (nSPS) is 10.8. The smallest absolute Gasteiger partial charge is 0.419 e. The van der Waals surface area contributed by atoms with Gasteiger partial charge in [-0.1, -0.05) is 99.4 Å². The lowest BCUT2D eigenvalue weighted by Crippen LogP contribution is -2.12. The molecule has 0 aliphatic rings. The molecular formula is C78H42Cl7F18I2N13O14. The van der Waals surface area contributed by atoms with E-state index in [1.165, 1.54) is 54.6 Å². The summed E-state index contributed by atoms with van der Waals surface area (Å²) in [5, 5.41) is 41.7. The van der Waals surface area contributed by atoms with Crippen molar-refractivity contribution in [2.75, 3.05) is 48.6 Å². The molecule has 692 valence electrons. The minimum atomic E-state index is -5.16. The number of methoxy groups -OCH3 is 2. The number of rotatable bonds is 16. The minimum absolute atomic E-state index is 0.0133. The summed E-state index contributed by atoms with van der Waals surface area (Å²) in [7, 11) is 2.10. The molecule has 0 spiro atoms. The SMILES string of the molecule is COC(=O)c1nc(-c2cc(F)c(C(F)(F)F)cc2F)c(F)c(N)c1Cl.COC(=O)c1nc(-c2ccc(C#N)cc2)c(F)c(N)c1Cl.Nc1c(Cl)c(C(=O)O)nc(-c2ccc(I)c(F)c2)c1Cl.Nc1c(F)c(-c2ccc(I)c(F)c2F)nc(C(=O)O)c1Cl.Nc1c(F)c(-c2ccc(OC(F)F)cc2)nc(C(=O)O)c1Cl.Nc1c(F)c(-c2ccc(OC(F)F)cc2F)nc(C(=O)O)c1Cl. The predicted octanol–water partition coefficient (Wildman–Crippen LogP) is 21.8. The van der Waals surface area contributed by atoms with Gasteiger partial charge in [0.1, 0.15) is 63.2 Å². The number of aromatic nitrogens is 6. The van der Waals surface area contributed by atoms with Gasteiger partial charge in [-0.15, -0.1) is 0 Å². The van der Waals surface area contributed by atoms with Gasteiger partial charge >= 0.3 is 55.2 Å². The molecule has 0 aliphatic carbocycles. The standard InChI is InChI=1S/C14H7ClF6N2O2.C14H9ClFN3O2.C13H7ClF4N2O3.C13H8ClF3N2O3.C12H6Cl2FIN2O2.C12H5ClF3IN2O2/c1-25-13(24)12-8(15)10(22)9(18)11(23-12)4-2-7(17)5(3-6(4)16)14(19,20)21;1-21-14(20)13-9(15)11(18)10(16)12(19-13)8-4-2-7(6-17)3-5-8;14-7-9(19)8(16)10(20-11(7)12(21)22)5-2-1-4(3-6(5)15)23-13(17)18;14-7-9(18)8(15)10(19-11(7)12(20)21)5-1-3-6(4-2-5)22-13(16)17;13-7-9(17)8(14)11(12(19)20)18-10(7)4-1-2-6(16)5(15)3-4;13-5-9(18)8(16)10(19-11(5)12(20)21)3-1-2-4(17)7(15)6(3)14/h2-3H,1H3,(H2,22,23);2-5H,1H3,(H2,18,19);1-3,13H,(H2,19,20)(H,21,22);1-4,13H,(H2,18,19)(H,20,21);1-3H,(H2,17,18)(H,19,20);1-2H,(H2,18,19)(H,20,21). The molecule has 12 aromatic rings. The zero-order chi connectivity index (χ0) is 99.3. The average molecular weight is 2230 g/mol. The van der Waals surface area contributed by atoms with Crippen molar-refractivity contribution in [3.63, 3.8) is 0 Å². The molecule has 6 aromatic heterocycles. The molecule has 0 bridgehead atoms. The number of esters is 2. The Morgan fingerprint density at radius 2 is 0.689 bits per heavy atom. The van der Waals surface area contributed by atoms with Crippen LogP contribution in [0.1, 0.15) is 74.1 Å². The van der Waals surface area contributed by atoms with E-state index in [1.807, 2.05) is 28.7 Å². The third kappa shape index (κ3) is 24.5. The topological polar surface area (TPSA) is 478 Å². The van der Waals surface area contributed by atoms with E-state index in [4.69, 9.17) is 141 Å². The molecule has 12 rings (SSSR count). The van der Waals surface area contributed by atoms with Gasteiger partial charge in [0.2, 0.25) is 0 Å². The lowest BCUT2D eigenvalue weighted by Gasteiger charge is -2.13. The van der Waals surface area contributed by atoms with E-state index >= 15 is 0 Å². The molecule has 6 heterocycles. The number of nitriles is 1. The number of nitrogen functional groups attached to an aromatic ring is 6. The number of carbonyl (C=O) groups excluding carboxylic acids is 2. The van der Waals surface area contributed by atoms with Crippen molar-refractivity contribution in [3.05, 3.63) is 261 Å². The van der Waals surface area contributed by atoms with Crippen LogP contribution in [0, 0.1) is 82.5 Å². The number of ether oxygens (including phenoxy) is 4. The summed E-state index contributed by atoms with van der Waals surface area (Å²) in [5.74, 6) is -22.0. The fraction of sp³-hybridized carbons (Fsp3) is 0.0641. The number of nitrogens with zero attached hydrogens (tertiary/aromatic N) is 7. The van der Waals surface area contributed by atoms with Gasteiger partial charge in [-0.2, -0.15) is 36.0 Å². The van der Waals surface area contributed by atoms with Gasteiger partial charge in [-0.25, -0.2) is 107 Å². The molecule has 0 aliphatic heterocycles. The summed E-state index contributed by atoms with van der Waals surface area (Å²) in [6, 6.07) is 21.7. The molecular weight excluding hydrogens is 2190 g/mol. The van der Waals surface area contributed by atoms with Crippen molar-refractivity contribution in [2.24, 2.45) is 0 Å². The molecule has 54 heteroatoms. The Kier molecular flexibility index (Phi) is 36.1. The van der Waals surface area contributed by atoms with Crippen LogP contribution in [0.5, 0.6) is 11.5 Å². The lowest BCUT2D eigenvalue weighted by molar-refractivity contribution is -0.140. The first kappa shape index (κ1) is 106. The van der Waals surface area contributed by atoms with Gasteiger partial charge in [0.15, 0.2) is 74.9 Å². The maximum absolute atomic E-state index is 14.2. The lowest BCUT2D eigenvalue weighted by atomic mass is 10.0. The van der Waals surface area contributed by atoms with E-state index in [2.05, 4.69) is 48.9 Å². The molecule has 0 unspecified atom stereocenters. The molecule has 0 atom stereocenters. The Hall–Kier alpha value is -12.8. The predicted molar refractivity (Wildman–Crippen MR) is 458 cm³/mol. The number of alkyl halides is 7. The summed E-state index contributed by atoms with van der Waals surface area (Å²) >= 11 is 43.4. The second-order valence-corrected chi connectivity index (χ2v) is 29.6. The Morgan fingerprint density at radius 3 is 1.08 bits per heavy atom. The second-order valence-electron chi connectivity index (χ2n) is 24.6. The van der Waals surface area contributed by atoms with Crippen molar-refractivity contribution in [1.29, 1.82) is 5.26 Å². The van der Waals surface area contributed by atoms with E-state index in [9.17, 15) is 108 Å². The Bertz CT molecular complexity index is 6660. The van der Waals surface area contributed by atoms with Gasteiger partial charge in [-0.05, 0) is 130 Å². The average Bonchev–Trinajstić information content (AvgIpc) is 0.769. The highest BCUT2D eigenvalue weighted by Crippen LogP contribution is 2.43. The van der Waals surface area contributed by atoms with Crippen LogP contribution < -0.4 is 43.9 Å². The van der Waals surface area contributed by atoms with Crippen molar-refractivity contribution >= 4 is 196 Å². The summed E-state index contributed by atoms with van der Waals surface area (Å²) in [5.41, 5.74) is 20.3. The number of carboxylic acids is 4. The Labute approximate surface area is 786 Å². The fourth-order valence-corrected chi connectivity index (χ4v) is 12.5. The van der Waals surface area contributed by atoms with E-state index in [-0.39, 0.29) is 76.2 Å². The first-order chi connectivity index (χ1) is 61.6. The molecule has 0 saturated heterocycles. The first-order valence-corrected chi connectivity index (χ1v) is 38.8. The van der Waals surface area contributed by atoms with Crippen LogP contribution in [0.25, 0.3) is 67.5 Å². The van der Waals surface area contributed by atoms with Crippen LogP contribution in [0.3, 0.4) is 0 Å². The number of hydrogen-bond donors (Lipinski definition) is 10. The van der Waals surface area contributed by atoms with E-state index in [1.54, 1.807) is 28.7 Å². The van der Waals surface area contributed by atoms with Gasteiger partial charge in [0.05, 0.1) is 110 Å². The molecule has 16 N–H and O–H groups in total. The van der Waals surface area contributed by atoms with Gasteiger partial charge in [-0.3, -0.25) is 0 Å². The zero-order valence-electron chi connectivity index (χ0n) is 64.2. The maximum atomic E-state index is 14.2. The molecule has 0 amide bonds. The maximum Gasteiger partial charge on any atom is 0.419 e. The summed E-state index contributed by atoms with van der Waals surface area (Å²) in [6.07, 6.45) is -5.16. The molecule has 132 heavy (non-hydrogen) atoms. The van der Waals surface area contributed by atoms with Crippen molar-refractivity contribution < 1.29 is 147 Å². The second kappa shape index (κ2) is 44.9. The van der Waals surface area contributed by atoms with Crippen LogP contribution in [0.2, 0.25) is 35.2 Å². The molecule has 6 aromatic carbocycles. The van der Waals surface area contributed by atoms with Crippen molar-refractivity contribution in [2.45, 2.75) is 19.4 Å². The number of benzene rings is 6. The van der Waals surface area contributed by atoms with Crippen LogP contribution in [-0.4, -0.2) is 114 Å².